The molecule has 110 heavy (non-hydrogen) atoms. The third kappa shape index (κ3) is 82.6. The largest absolute Gasteiger partial charge is 0.472 e. The topological polar surface area (TPSA) is 237 Å². The summed E-state index contributed by atoms with van der Waals surface area (Å²) >= 11 is 0. The van der Waals surface area contributed by atoms with E-state index in [2.05, 4.69) is 55.4 Å². The van der Waals surface area contributed by atoms with E-state index in [1.54, 1.807) is 0 Å². The standard InChI is InChI=1S/C91H178O17P2/c1-9-84(8)70-62-54-46-41-42-48-56-64-72-89(94)102-78-87(108-91(96)74-66-58-50-40-34-28-22-16-19-25-31-37-45-53-61-69-83(6)7)80-106-110(99,100)104-76-85(92)75-103-109(97,98)105-79-86(77-101-88(93)71-63-55-47-38-32-26-20-15-14-18-24-30-36-44-52-60-68-82(4)5)107-90(95)73-65-57-49-39-33-27-21-13-11-10-12-17-23-29-35-43-51-59-67-81(2)3/h81-87,92H,9-80H2,1-8H3,(H,97,98)(H,99,100)/t84?,85-,86-,87-/m1/s1. The van der Waals surface area contributed by atoms with Gasteiger partial charge in [0.05, 0.1) is 26.4 Å². The maximum atomic E-state index is 13.2. The van der Waals surface area contributed by atoms with Crippen molar-refractivity contribution in [2.75, 3.05) is 39.6 Å². The molecule has 0 aromatic heterocycles. The van der Waals surface area contributed by atoms with Gasteiger partial charge in [-0.15, -0.1) is 0 Å². The second-order valence-electron chi connectivity index (χ2n) is 34.4. The van der Waals surface area contributed by atoms with Gasteiger partial charge in [-0.25, -0.2) is 9.13 Å². The van der Waals surface area contributed by atoms with Crippen molar-refractivity contribution in [3.8, 4) is 0 Å². The molecule has 0 heterocycles. The molecule has 19 heteroatoms. The number of phosphoric ester groups is 2. The van der Waals surface area contributed by atoms with Crippen molar-refractivity contribution in [2.45, 2.75) is 497 Å². The third-order valence-electron chi connectivity index (χ3n) is 21.7. The van der Waals surface area contributed by atoms with Gasteiger partial charge in [0.1, 0.15) is 19.3 Å². The molecule has 0 aliphatic rings. The lowest BCUT2D eigenvalue weighted by Crippen LogP contribution is -2.30. The van der Waals surface area contributed by atoms with Crippen molar-refractivity contribution in [3.05, 3.63) is 0 Å². The van der Waals surface area contributed by atoms with Gasteiger partial charge in [0, 0.05) is 25.7 Å². The highest BCUT2D eigenvalue weighted by Crippen LogP contribution is 2.45. The first kappa shape index (κ1) is 108. The van der Waals surface area contributed by atoms with Crippen molar-refractivity contribution in [1.29, 1.82) is 0 Å². The first-order valence-electron chi connectivity index (χ1n) is 46.7. The van der Waals surface area contributed by atoms with Gasteiger partial charge < -0.3 is 33.8 Å². The summed E-state index contributed by atoms with van der Waals surface area (Å²) in [6, 6.07) is 0. The van der Waals surface area contributed by atoms with Crippen LogP contribution in [-0.4, -0.2) is 96.7 Å². The highest BCUT2D eigenvalue weighted by molar-refractivity contribution is 7.47. The first-order valence-corrected chi connectivity index (χ1v) is 49.7. The van der Waals surface area contributed by atoms with Crippen LogP contribution in [0.4, 0.5) is 0 Å². The molecule has 0 radical (unpaired) electrons. The Morgan fingerprint density at radius 2 is 0.436 bits per heavy atom. The van der Waals surface area contributed by atoms with Gasteiger partial charge in [0.2, 0.25) is 0 Å². The molecule has 0 saturated carbocycles. The summed E-state index contributed by atoms with van der Waals surface area (Å²) in [5, 5.41) is 10.7. The lowest BCUT2D eigenvalue weighted by molar-refractivity contribution is -0.161. The summed E-state index contributed by atoms with van der Waals surface area (Å²) < 4.78 is 69.1. The number of hydrogen-bond acceptors (Lipinski definition) is 15. The summed E-state index contributed by atoms with van der Waals surface area (Å²) in [4.78, 5) is 73.4. The predicted molar refractivity (Wildman–Crippen MR) is 455 cm³/mol. The number of hydrogen-bond donors (Lipinski definition) is 3. The van der Waals surface area contributed by atoms with Crippen molar-refractivity contribution in [3.63, 3.8) is 0 Å². The van der Waals surface area contributed by atoms with Gasteiger partial charge in [-0.05, 0) is 49.4 Å². The smallest absolute Gasteiger partial charge is 0.462 e. The van der Waals surface area contributed by atoms with Gasteiger partial charge in [-0.2, -0.15) is 0 Å². The third-order valence-corrected chi connectivity index (χ3v) is 23.6. The molecule has 0 aromatic rings. The summed E-state index contributed by atoms with van der Waals surface area (Å²) in [6.45, 7) is 14.4. The molecule has 654 valence electrons. The summed E-state index contributed by atoms with van der Waals surface area (Å²) in [6.07, 6.45) is 70.8. The Labute approximate surface area is 677 Å². The van der Waals surface area contributed by atoms with Gasteiger partial charge >= 0.3 is 39.5 Å². The van der Waals surface area contributed by atoms with E-state index >= 15 is 0 Å². The van der Waals surface area contributed by atoms with Crippen LogP contribution in [0.25, 0.3) is 0 Å². The molecule has 0 spiro atoms. The predicted octanol–water partition coefficient (Wildman–Crippen LogP) is 27.9. The lowest BCUT2D eigenvalue weighted by atomic mass is 9.99. The minimum Gasteiger partial charge on any atom is -0.462 e. The van der Waals surface area contributed by atoms with E-state index < -0.39 is 97.5 Å². The summed E-state index contributed by atoms with van der Waals surface area (Å²) in [7, 11) is -9.94. The Bertz CT molecular complexity index is 2130. The molecule has 0 aromatic carbocycles. The van der Waals surface area contributed by atoms with Gasteiger partial charge in [-0.1, -0.05) is 428 Å². The fourth-order valence-electron chi connectivity index (χ4n) is 14.2. The Hall–Kier alpha value is -1.94. The Morgan fingerprint density at radius 3 is 0.645 bits per heavy atom. The van der Waals surface area contributed by atoms with E-state index in [-0.39, 0.29) is 25.7 Å². The van der Waals surface area contributed by atoms with E-state index in [4.69, 9.17) is 37.0 Å². The average molecular weight is 1610 g/mol. The summed E-state index contributed by atoms with van der Waals surface area (Å²) in [5.74, 6) is 1.11. The molecule has 6 atom stereocenters. The number of aliphatic hydroxyl groups is 1. The van der Waals surface area contributed by atoms with Crippen molar-refractivity contribution in [2.24, 2.45) is 23.7 Å². The van der Waals surface area contributed by atoms with Crippen molar-refractivity contribution < 1.29 is 80.2 Å². The average Bonchev–Trinajstić information content (AvgIpc) is 0.899. The molecule has 0 fully saturated rings. The fraction of sp³-hybridized carbons (Fsp3) is 0.956. The summed E-state index contributed by atoms with van der Waals surface area (Å²) in [5.41, 5.74) is 0. The van der Waals surface area contributed by atoms with Crippen molar-refractivity contribution in [1.82, 2.24) is 0 Å². The zero-order chi connectivity index (χ0) is 80.9. The second kappa shape index (κ2) is 79.5. The van der Waals surface area contributed by atoms with E-state index in [0.29, 0.717) is 25.7 Å². The maximum Gasteiger partial charge on any atom is 0.472 e. The van der Waals surface area contributed by atoms with Crippen LogP contribution < -0.4 is 0 Å². The quantitative estimate of drug-likeness (QED) is 0.0222. The Morgan fingerprint density at radius 1 is 0.255 bits per heavy atom. The molecule has 0 aliphatic heterocycles. The van der Waals surface area contributed by atoms with Crippen LogP contribution in [0.3, 0.4) is 0 Å². The van der Waals surface area contributed by atoms with Crippen LogP contribution in [0.1, 0.15) is 479 Å². The second-order valence-corrected chi connectivity index (χ2v) is 37.3. The highest BCUT2D eigenvalue weighted by atomic mass is 31.2. The number of rotatable bonds is 88. The van der Waals surface area contributed by atoms with Gasteiger partial charge in [0.15, 0.2) is 12.2 Å². The lowest BCUT2D eigenvalue weighted by Gasteiger charge is -2.21. The molecule has 3 N–H and O–H groups in total. The number of phosphoric acid groups is 2. The molecule has 0 rings (SSSR count). The molecular formula is C91H178O17P2. The SMILES string of the molecule is CCC(C)CCCCCCCCCCC(=O)OC[C@H](COP(=O)(O)OC[C@H](O)COP(=O)(O)OC[C@@H](COC(=O)CCCCCCCCCCCCCCCCCCC(C)C)OC(=O)CCCCCCCCCCCCCCCCCCCCC(C)C)OC(=O)CCCCCCCCCCCCCCCCCC(C)C. The maximum absolute atomic E-state index is 13.2. The van der Waals surface area contributed by atoms with Gasteiger partial charge in [-0.3, -0.25) is 37.3 Å². The first-order chi connectivity index (χ1) is 53.1. The molecule has 0 amide bonds. The van der Waals surface area contributed by atoms with E-state index in [1.807, 2.05) is 0 Å². The van der Waals surface area contributed by atoms with E-state index in [0.717, 1.165) is 114 Å². The van der Waals surface area contributed by atoms with Crippen LogP contribution in [0.15, 0.2) is 0 Å². The molecule has 0 bridgehead atoms. The minimum absolute atomic E-state index is 0.107. The molecule has 3 unspecified atom stereocenters. The monoisotopic (exact) mass is 1610 g/mol. The molecule has 0 aliphatic carbocycles. The fourth-order valence-corrected chi connectivity index (χ4v) is 15.7. The van der Waals surface area contributed by atoms with Crippen molar-refractivity contribution >= 4 is 39.5 Å². The van der Waals surface area contributed by atoms with Crippen LogP contribution in [-0.2, 0) is 65.4 Å². The van der Waals surface area contributed by atoms with Crippen LogP contribution in [0.5, 0.6) is 0 Å². The normalized spacial score (nSPS) is 14.1. The number of unbranched alkanes of at least 4 members (excludes halogenated alkanes) is 53. The van der Waals surface area contributed by atoms with Crippen LogP contribution >= 0.6 is 15.6 Å². The van der Waals surface area contributed by atoms with Gasteiger partial charge in [0.25, 0.3) is 0 Å². The number of esters is 4. The Kier molecular flexibility index (Phi) is 78.1. The molecule has 17 nitrogen and oxygen atoms in total. The van der Waals surface area contributed by atoms with Crippen LogP contribution in [0.2, 0.25) is 0 Å². The number of carbonyl (C=O) groups is 4. The number of ether oxygens (including phenoxy) is 4. The molecule has 0 saturated heterocycles. The zero-order valence-corrected chi connectivity index (χ0v) is 74.7. The highest BCUT2D eigenvalue weighted by Gasteiger charge is 2.31. The zero-order valence-electron chi connectivity index (χ0n) is 72.9. The van der Waals surface area contributed by atoms with E-state index in [1.165, 1.54) is 283 Å². The number of carbonyl (C=O) groups excluding carboxylic acids is 4. The minimum atomic E-state index is -4.97. The van der Waals surface area contributed by atoms with Crippen LogP contribution in [0, 0.1) is 23.7 Å². The Balaban J connectivity index is 5.26. The van der Waals surface area contributed by atoms with E-state index in [9.17, 15) is 43.2 Å². The number of aliphatic hydroxyl groups excluding tert-OH is 1. The molecular weight excluding hydrogens is 1430 g/mol.